The first kappa shape index (κ1) is 10.7. The maximum absolute atomic E-state index is 8.20. The normalized spacial score (nSPS) is 10.3. The third-order valence-corrected chi connectivity index (χ3v) is 2.61. The number of anilines is 1. The van der Waals surface area contributed by atoms with Crippen LogP contribution in [0.5, 0.6) is 0 Å². The predicted molar refractivity (Wildman–Crippen MR) is 61.4 cm³/mol. The van der Waals surface area contributed by atoms with E-state index in [9.17, 15) is 0 Å². The maximum atomic E-state index is 8.20. The molecule has 0 spiro atoms. The molecular weight excluding hydrogens is 276 g/mol. The highest BCUT2D eigenvalue weighted by atomic mass is 79.9. The summed E-state index contributed by atoms with van der Waals surface area (Å²) < 4.78 is 2.35. The molecule has 8 nitrogen and oxygen atoms in total. The number of fused-ring (bicyclic) bond motifs is 1. The van der Waals surface area contributed by atoms with Crippen LogP contribution in [-0.2, 0) is 6.54 Å². The fourth-order valence-corrected chi connectivity index (χ4v) is 1.84. The molecule has 9 heteroatoms. The van der Waals surface area contributed by atoms with E-state index >= 15 is 0 Å². The van der Waals surface area contributed by atoms with E-state index in [1.54, 1.807) is 4.57 Å². The molecule has 0 aromatic carbocycles. The number of nitrogens with two attached hydrogens (primary N) is 1. The van der Waals surface area contributed by atoms with Gasteiger partial charge in [-0.15, -0.1) is 0 Å². The van der Waals surface area contributed by atoms with E-state index in [-0.39, 0.29) is 0 Å². The highest BCUT2D eigenvalue weighted by molar-refractivity contribution is 9.10. The molecule has 16 heavy (non-hydrogen) atoms. The Bertz CT molecular complexity index is 569. The fourth-order valence-electron chi connectivity index (χ4n) is 1.31. The highest BCUT2D eigenvalue weighted by Crippen LogP contribution is 2.20. The minimum Gasteiger partial charge on any atom is -0.382 e. The van der Waals surface area contributed by atoms with E-state index in [1.165, 1.54) is 6.33 Å². The van der Waals surface area contributed by atoms with Gasteiger partial charge in [-0.2, -0.15) is 0 Å². The molecule has 2 heterocycles. The minimum atomic E-state index is 0.324. The van der Waals surface area contributed by atoms with Crippen molar-refractivity contribution in [3.63, 3.8) is 0 Å². The molecule has 0 aliphatic heterocycles. The van der Waals surface area contributed by atoms with Crippen molar-refractivity contribution in [2.45, 2.75) is 6.54 Å². The van der Waals surface area contributed by atoms with Crippen molar-refractivity contribution < 1.29 is 0 Å². The van der Waals surface area contributed by atoms with Gasteiger partial charge in [-0.1, -0.05) is 5.11 Å². The van der Waals surface area contributed by atoms with Gasteiger partial charge in [-0.3, -0.25) is 0 Å². The molecule has 0 radical (unpaired) electrons. The Balaban J connectivity index is 2.47. The number of azide groups is 1. The average Bonchev–Trinajstić information content (AvgIpc) is 2.58. The van der Waals surface area contributed by atoms with E-state index in [0.29, 0.717) is 34.8 Å². The summed E-state index contributed by atoms with van der Waals surface area (Å²) in [6, 6.07) is 0. The minimum absolute atomic E-state index is 0.324. The quantitative estimate of drug-likeness (QED) is 0.397. The highest BCUT2D eigenvalue weighted by Gasteiger charge is 2.11. The van der Waals surface area contributed by atoms with E-state index in [1.807, 2.05) is 0 Å². The van der Waals surface area contributed by atoms with Crippen LogP contribution >= 0.6 is 15.9 Å². The second kappa shape index (κ2) is 4.33. The molecule has 0 atom stereocenters. The lowest BCUT2D eigenvalue weighted by molar-refractivity contribution is 0.703. The van der Waals surface area contributed by atoms with E-state index < -0.39 is 0 Å². The Morgan fingerprint density at radius 2 is 2.38 bits per heavy atom. The van der Waals surface area contributed by atoms with Crippen LogP contribution in [0.4, 0.5) is 5.82 Å². The van der Waals surface area contributed by atoms with Gasteiger partial charge in [0.15, 0.2) is 21.7 Å². The zero-order valence-electron chi connectivity index (χ0n) is 8.08. The predicted octanol–water partition coefficient (Wildman–Crippen LogP) is 1.48. The third-order valence-electron chi connectivity index (χ3n) is 2.00. The van der Waals surface area contributed by atoms with E-state index in [2.05, 4.69) is 40.9 Å². The van der Waals surface area contributed by atoms with Crippen LogP contribution in [-0.4, -0.2) is 26.1 Å². The van der Waals surface area contributed by atoms with Crippen molar-refractivity contribution in [1.29, 1.82) is 0 Å². The lowest BCUT2D eigenvalue weighted by Gasteiger charge is -2.01. The van der Waals surface area contributed by atoms with Gasteiger partial charge in [0.1, 0.15) is 6.33 Å². The summed E-state index contributed by atoms with van der Waals surface area (Å²) in [5, 5.41) is 3.45. The van der Waals surface area contributed by atoms with Gasteiger partial charge < -0.3 is 10.3 Å². The first-order valence-electron chi connectivity index (χ1n) is 4.37. The summed E-state index contributed by atoms with van der Waals surface area (Å²) in [4.78, 5) is 14.8. The molecule has 0 aliphatic carbocycles. The zero-order valence-corrected chi connectivity index (χ0v) is 9.66. The number of halogens is 1. The second-order valence-electron chi connectivity index (χ2n) is 2.92. The van der Waals surface area contributed by atoms with E-state index in [4.69, 9.17) is 11.3 Å². The van der Waals surface area contributed by atoms with Gasteiger partial charge in [-0.05, 0) is 21.5 Å². The lowest BCUT2D eigenvalue weighted by atomic mass is 10.5. The number of nitrogen functional groups attached to an aromatic ring is 1. The summed E-state index contributed by atoms with van der Waals surface area (Å²) in [7, 11) is 0. The molecule has 2 rings (SSSR count). The molecule has 0 bridgehead atoms. The van der Waals surface area contributed by atoms with Crippen LogP contribution in [0, 0.1) is 0 Å². The molecular formula is C7H7BrN8. The van der Waals surface area contributed by atoms with Gasteiger partial charge in [0.25, 0.3) is 0 Å². The smallest absolute Gasteiger partial charge is 0.179 e. The molecule has 0 fully saturated rings. The summed E-state index contributed by atoms with van der Waals surface area (Å²) in [5.74, 6) is 0.327. The SMILES string of the molecule is [N-]=[N+]=NCCn1c(Br)nc2c(N)ncnc21. The van der Waals surface area contributed by atoms with Gasteiger partial charge >= 0.3 is 0 Å². The molecule has 0 amide bonds. The van der Waals surface area contributed by atoms with Crippen LogP contribution in [0.1, 0.15) is 0 Å². The summed E-state index contributed by atoms with van der Waals surface area (Å²) in [5.41, 5.74) is 15.0. The Morgan fingerprint density at radius 3 is 3.12 bits per heavy atom. The fraction of sp³-hybridized carbons (Fsp3) is 0.286. The number of hydrogen-bond acceptors (Lipinski definition) is 5. The lowest BCUT2D eigenvalue weighted by Crippen LogP contribution is -2.02. The Hall–Kier alpha value is -1.86. The first-order chi connectivity index (χ1) is 7.74. The maximum Gasteiger partial charge on any atom is 0.179 e. The van der Waals surface area contributed by atoms with Gasteiger partial charge in [-0.25, -0.2) is 15.0 Å². The number of aromatic nitrogens is 4. The van der Waals surface area contributed by atoms with Crippen molar-refractivity contribution in [2.24, 2.45) is 5.11 Å². The number of hydrogen-bond donors (Lipinski definition) is 1. The zero-order chi connectivity index (χ0) is 11.5. The Morgan fingerprint density at radius 1 is 1.56 bits per heavy atom. The monoisotopic (exact) mass is 282 g/mol. The largest absolute Gasteiger partial charge is 0.382 e. The van der Waals surface area contributed by atoms with Gasteiger partial charge in [0.05, 0.1) is 0 Å². The molecule has 0 saturated carbocycles. The van der Waals surface area contributed by atoms with Crippen molar-refractivity contribution in [3.05, 3.63) is 21.5 Å². The number of imidazole rings is 1. The summed E-state index contributed by atoms with van der Waals surface area (Å²) in [6.45, 7) is 0.808. The molecule has 2 aromatic heterocycles. The molecule has 2 N–H and O–H groups in total. The van der Waals surface area contributed by atoms with Crippen LogP contribution in [0.15, 0.2) is 16.2 Å². The first-order valence-corrected chi connectivity index (χ1v) is 5.16. The number of nitrogens with zero attached hydrogens (tertiary/aromatic N) is 7. The average molecular weight is 283 g/mol. The second-order valence-corrected chi connectivity index (χ2v) is 3.63. The van der Waals surface area contributed by atoms with Crippen molar-refractivity contribution in [2.75, 3.05) is 12.3 Å². The van der Waals surface area contributed by atoms with Crippen LogP contribution in [0.25, 0.3) is 21.6 Å². The Labute approximate surface area is 98.3 Å². The van der Waals surface area contributed by atoms with Crippen LogP contribution in [0.3, 0.4) is 0 Å². The van der Waals surface area contributed by atoms with E-state index in [0.717, 1.165) is 0 Å². The molecule has 0 aliphatic rings. The topological polar surface area (TPSA) is 118 Å². The van der Waals surface area contributed by atoms with Crippen molar-refractivity contribution >= 4 is 32.9 Å². The third kappa shape index (κ3) is 1.77. The molecule has 0 unspecified atom stereocenters. The molecule has 82 valence electrons. The van der Waals surface area contributed by atoms with Gasteiger partial charge in [0.2, 0.25) is 0 Å². The van der Waals surface area contributed by atoms with Crippen LogP contribution < -0.4 is 5.73 Å². The Kier molecular flexibility index (Phi) is 2.88. The summed E-state index contributed by atoms with van der Waals surface area (Å²) in [6.07, 6.45) is 1.37. The van der Waals surface area contributed by atoms with Crippen molar-refractivity contribution in [1.82, 2.24) is 19.5 Å². The van der Waals surface area contributed by atoms with Crippen LogP contribution in [0.2, 0.25) is 0 Å². The van der Waals surface area contributed by atoms with Gasteiger partial charge in [0, 0.05) is 18.0 Å². The van der Waals surface area contributed by atoms with Crippen molar-refractivity contribution in [3.8, 4) is 0 Å². The summed E-state index contributed by atoms with van der Waals surface area (Å²) >= 11 is 3.29. The molecule has 0 saturated heterocycles. The number of rotatable bonds is 3. The molecule has 2 aromatic rings. The standard InChI is InChI=1S/C7H7BrN8/c8-7-14-4-5(9)11-3-12-6(4)16(7)2-1-13-15-10/h3H,1-2H2,(H2,9,11,12).